The van der Waals surface area contributed by atoms with E-state index in [4.69, 9.17) is 4.98 Å². The Morgan fingerprint density at radius 1 is 1.14 bits per heavy atom. The molecular formula is C31H47N7O4S. The van der Waals surface area contributed by atoms with Gasteiger partial charge in [-0.05, 0) is 88.5 Å². The van der Waals surface area contributed by atoms with Crippen LogP contribution in [0.5, 0.6) is 0 Å². The molecule has 2 N–H and O–H groups in total. The summed E-state index contributed by atoms with van der Waals surface area (Å²) in [6.45, 7) is 18.2. The molecule has 0 spiro atoms. The average molecular weight is 614 g/mol. The van der Waals surface area contributed by atoms with Crippen LogP contribution in [-0.4, -0.2) is 73.5 Å². The van der Waals surface area contributed by atoms with Crippen LogP contribution in [0.1, 0.15) is 72.8 Å². The number of sulfonamides is 1. The lowest BCUT2D eigenvalue weighted by Crippen LogP contribution is -2.39. The molecule has 236 valence electrons. The topological polar surface area (TPSA) is 128 Å². The summed E-state index contributed by atoms with van der Waals surface area (Å²) in [6.07, 6.45) is 3.95. The van der Waals surface area contributed by atoms with Crippen LogP contribution in [0.2, 0.25) is 0 Å². The number of aromatic nitrogens is 2. The number of carbonyl (C=O) groups excluding carboxylic acids is 2. The molecule has 12 heteroatoms. The molecule has 2 aromatic rings. The lowest BCUT2D eigenvalue weighted by atomic mass is 9.92. The van der Waals surface area contributed by atoms with Crippen molar-refractivity contribution in [3.63, 3.8) is 0 Å². The molecule has 4 heterocycles. The molecule has 0 aromatic carbocycles. The Labute approximate surface area is 256 Å². The average Bonchev–Trinajstić information content (AvgIpc) is 3.44. The highest BCUT2D eigenvalue weighted by molar-refractivity contribution is 7.89. The number of rotatable bonds is 12. The fraction of sp³-hybridized carbons (Fsp3) is 0.613. The summed E-state index contributed by atoms with van der Waals surface area (Å²) in [6, 6.07) is 8.79. The van der Waals surface area contributed by atoms with E-state index < -0.39 is 10.0 Å². The van der Waals surface area contributed by atoms with Crippen LogP contribution < -0.4 is 19.8 Å². The van der Waals surface area contributed by atoms with E-state index in [-0.39, 0.29) is 34.5 Å². The number of nitrogens with zero attached hydrogens (tertiary/aromatic N) is 5. The van der Waals surface area contributed by atoms with Crippen molar-refractivity contribution in [2.45, 2.75) is 90.8 Å². The van der Waals surface area contributed by atoms with E-state index in [0.29, 0.717) is 30.6 Å². The summed E-state index contributed by atoms with van der Waals surface area (Å²) in [5.74, 6) is 2.53. The molecule has 11 nitrogen and oxygen atoms in total. The van der Waals surface area contributed by atoms with Crippen molar-refractivity contribution in [3.05, 3.63) is 35.9 Å². The fourth-order valence-electron chi connectivity index (χ4n) is 5.94. The number of aryl methyl sites for hydroxylation is 1. The van der Waals surface area contributed by atoms with Gasteiger partial charge in [0.25, 0.3) is 10.0 Å². The van der Waals surface area contributed by atoms with E-state index in [1.165, 1.54) is 6.07 Å². The largest absolute Gasteiger partial charge is 0.368 e. The predicted octanol–water partition coefficient (Wildman–Crippen LogP) is 4.78. The van der Waals surface area contributed by atoms with Crippen molar-refractivity contribution >= 4 is 39.9 Å². The van der Waals surface area contributed by atoms with Crippen LogP contribution in [0.4, 0.5) is 22.2 Å². The Morgan fingerprint density at radius 3 is 2.58 bits per heavy atom. The number of anilines is 3. The maximum absolute atomic E-state index is 13.2. The lowest BCUT2D eigenvalue weighted by molar-refractivity contribution is -0.108. The van der Waals surface area contributed by atoms with Crippen LogP contribution in [0, 0.1) is 18.3 Å². The summed E-state index contributed by atoms with van der Waals surface area (Å²) >= 11 is 0. The Balaban J connectivity index is 1.39. The fourth-order valence-corrected chi connectivity index (χ4v) is 6.66. The SMILES string of the molecule is Cc1ccc(N2CCN(CCC(C)(C)C)C2=O)nc1N1CC(CCC(C)Nc2cccc(S(=O)(=O)NC=O)n2)CC1(C)C. The third-order valence-electron chi connectivity index (χ3n) is 8.38. The zero-order valence-electron chi connectivity index (χ0n) is 26.6. The maximum Gasteiger partial charge on any atom is 0.325 e. The zero-order chi connectivity index (χ0) is 31.6. The molecule has 2 fully saturated rings. The van der Waals surface area contributed by atoms with Gasteiger partial charge >= 0.3 is 6.03 Å². The number of amides is 3. The molecule has 0 radical (unpaired) electrons. The molecule has 2 atom stereocenters. The van der Waals surface area contributed by atoms with Gasteiger partial charge in [-0.2, -0.15) is 8.42 Å². The standard InChI is InChI=1S/C31H47N7O4S/c1-22-11-14-26(37-18-17-36(29(37)40)16-15-30(3,4)5)35-28(22)38-20-24(19-31(38,6)7)13-12-23(2)33-25-9-8-10-27(34-25)43(41,42)32-21-39/h8-11,14,21,23-24H,12-13,15-20H2,1-7H3,(H,32,39)(H,33,34). The smallest absolute Gasteiger partial charge is 0.325 e. The molecule has 43 heavy (non-hydrogen) atoms. The monoisotopic (exact) mass is 613 g/mol. The first kappa shape index (κ1) is 32.5. The van der Waals surface area contributed by atoms with Gasteiger partial charge in [-0.25, -0.2) is 14.8 Å². The number of pyridine rings is 2. The van der Waals surface area contributed by atoms with Crippen LogP contribution in [0.25, 0.3) is 0 Å². The van der Waals surface area contributed by atoms with Gasteiger partial charge in [-0.1, -0.05) is 32.9 Å². The molecule has 3 amide bonds. The molecule has 0 aliphatic carbocycles. The highest BCUT2D eigenvalue weighted by Crippen LogP contribution is 2.40. The maximum atomic E-state index is 13.2. The van der Waals surface area contributed by atoms with Crippen molar-refractivity contribution in [2.24, 2.45) is 11.3 Å². The van der Waals surface area contributed by atoms with Crippen molar-refractivity contribution in [1.82, 2.24) is 19.6 Å². The van der Waals surface area contributed by atoms with Crippen LogP contribution in [0.15, 0.2) is 35.4 Å². The van der Waals surface area contributed by atoms with E-state index in [2.05, 4.69) is 69.7 Å². The molecule has 2 aliphatic rings. The summed E-state index contributed by atoms with van der Waals surface area (Å²) < 4.78 is 26.1. The van der Waals surface area contributed by atoms with Gasteiger partial charge in [0.05, 0.1) is 0 Å². The number of hydrogen-bond acceptors (Lipinski definition) is 8. The highest BCUT2D eigenvalue weighted by atomic mass is 32.2. The van der Waals surface area contributed by atoms with Crippen LogP contribution >= 0.6 is 0 Å². The molecule has 0 saturated carbocycles. The summed E-state index contributed by atoms with van der Waals surface area (Å²) in [4.78, 5) is 39.2. The Hall–Kier alpha value is -3.41. The molecule has 2 unspecified atom stereocenters. The van der Waals surface area contributed by atoms with E-state index >= 15 is 0 Å². The summed E-state index contributed by atoms with van der Waals surface area (Å²) in [5, 5.41) is 3.09. The van der Waals surface area contributed by atoms with Gasteiger partial charge in [0.2, 0.25) is 6.41 Å². The van der Waals surface area contributed by atoms with Gasteiger partial charge in [0.1, 0.15) is 17.5 Å². The predicted molar refractivity (Wildman–Crippen MR) is 170 cm³/mol. The number of urea groups is 1. The Kier molecular flexibility index (Phi) is 9.58. The van der Waals surface area contributed by atoms with Crippen molar-refractivity contribution < 1.29 is 18.0 Å². The van der Waals surface area contributed by atoms with Gasteiger partial charge in [0, 0.05) is 37.8 Å². The molecule has 2 saturated heterocycles. The Morgan fingerprint density at radius 2 is 1.88 bits per heavy atom. The van der Waals surface area contributed by atoms with Gasteiger partial charge < -0.3 is 15.1 Å². The van der Waals surface area contributed by atoms with Crippen LogP contribution in [-0.2, 0) is 14.8 Å². The number of nitrogens with one attached hydrogen (secondary N) is 2. The first-order valence-corrected chi connectivity index (χ1v) is 16.6. The first-order chi connectivity index (χ1) is 20.1. The minimum absolute atomic E-state index is 0.0317. The van der Waals surface area contributed by atoms with E-state index in [1.807, 2.05) is 20.6 Å². The lowest BCUT2D eigenvalue weighted by Gasteiger charge is -2.34. The van der Waals surface area contributed by atoms with E-state index in [9.17, 15) is 18.0 Å². The van der Waals surface area contributed by atoms with Gasteiger partial charge in [0.15, 0.2) is 5.03 Å². The highest BCUT2D eigenvalue weighted by Gasteiger charge is 2.40. The van der Waals surface area contributed by atoms with Gasteiger partial charge in [-0.3, -0.25) is 14.4 Å². The van der Waals surface area contributed by atoms with Crippen LogP contribution in [0.3, 0.4) is 0 Å². The molecule has 2 aliphatic heterocycles. The summed E-state index contributed by atoms with van der Waals surface area (Å²) in [7, 11) is -3.97. The second kappa shape index (κ2) is 12.7. The molecular weight excluding hydrogens is 566 g/mol. The van der Waals surface area contributed by atoms with Crippen molar-refractivity contribution in [2.75, 3.05) is 41.3 Å². The first-order valence-electron chi connectivity index (χ1n) is 15.1. The van der Waals surface area contributed by atoms with E-state index in [1.54, 1.807) is 12.1 Å². The molecule has 4 rings (SSSR count). The quantitative estimate of drug-likeness (QED) is 0.328. The number of hydrogen-bond donors (Lipinski definition) is 2. The zero-order valence-corrected chi connectivity index (χ0v) is 27.4. The van der Waals surface area contributed by atoms with E-state index in [0.717, 1.165) is 50.2 Å². The minimum Gasteiger partial charge on any atom is -0.368 e. The second-order valence-electron chi connectivity index (χ2n) is 13.8. The third-order valence-corrected chi connectivity index (χ3v) is 9.56. The normalized spacial score (nSPS) is 19.6. The number of carbonyl (C=O) groups is 2. The third kappa shape index (κ3) is 7.95. The van der Waals surface area contributed by atoms with Crippen molar-refractivity contribution in [1.29, 1.82) is 0 Å². The molecule has 2 aromatic heterocycles. The minimum atomic E-state index is -3.97. The van der Waals surface area contributed by atoms with Gasteiger partial charge in [-0.15, -0.1) is 0 Å². The summed E-state index contributed by atoms with van der Waals surface area (Å²) in [5.41, 5.74) is 1.17. The second-order valence-corrected chi connectivity index (χ2v) is 15.4. The Bertz CT molecular complexity index is 1420. The van der Waals surface area contributed by atoms with Crippen molar-refractivity contribution in [3.8, 4) is 0 Å². The molecule has 0 bridgehead atoms.